The summed E-state index contributed by atoms with van der Waals surface area (Å²) in [5, 5.41) is 4.32. The lowest BCUT2D eigenvalue weighted by Gasteiger charge is -2.42. The number of nitrogens with one attached hydrogen (secondary N) is 1. The van der Waals surface area contributed by atoms with Gasteiger partial charge < -0.3 is 14.8 Å². The SMILES string of the molecule is CC1CNC(c2cccc(Cl)c2)CC12OCCO2. The predicted octanol–water partition coefficient (Wildman–Crippen LogP) is 2.75. The highest BCUT2D eigenvalue weighted by Gasteiger charge is 2.46. The van der Waals surface area contributed by atoms with E-state index in [0.717, 1.165) is 18.0 Å². The lowest BCUT2D eigenvalue weighted by atomic mass is 9.86. The molecule has 0 radical (unpaired) electrons. The Labute approximate surface area is 112 Å². The van der Waals surface area contributed by atoms with E-state index in [1.165, 1.54) is 5.56 Å². The van der Waals surface area contributed by atoms with E-state index in [4.69, 9.17) is 21.1 Å². The van der Waals surface area contributed by atoms with Crippen molar-refractivity contribution in [1.29, 1.82) is 0 Å². The van der Waals surface area contributed by atoms with Crippen molar-refractivity contribution in [2.24, 2.45) is 5.92 Å². The van der Waals surface area contributed by atoms with Crippen LogP contribution in [0.3, 0.4) is 0 Å². The van der Waals surface area contributed by atoms with Gasteiger partial charge in [-0.05, 0) is 17.7 Å². The average Bonchev–Trinajstić information content (AvgIpc) is 2.82. The fraction of sp³-hybridized carbons (Fsp3) is 0.571. The Bertz CT molecular complexity index is 432. The molecule has 98 valence electrons. The van der Waals surface area contributed by atoms with Crippen LogP contribution in [0.5, 0.6) is 0 Å². The maximum Gasteiger partial charge on any atom is 0.174 e. The number of piperidine rings is 1. The van der Waals surface area contributed by atoms with E-state index in [1.54, 1.807) is 0 Å². The van der Waals surface area contributed by atoms with Crippen molar-refractivity contribution < 1.29 is 9.47 Å². The van der Waals surface area contributed by atoms with E-state index in [2.05, 4.69) is 18.3 Å². The molecule has 2 unspecified atom stereocenters. The Morgan fingerprint density at radius 3 is 2.83 bits per heavy atom. The van der Waals surface area contributed by atoms with Gasteiger partial charge in [-0.3, -0.25) is 0 Å². The molecule has 1 spiro atoms. The highest BCUT2D eigenvalue weighted by atomic mass is 35.5. The van der Waals surface area contributed by atoms with E-state index in [1.807, 2.05) is 18.2 Å². The Hall–Kier alpha value is -0.610. The lowest BCUT2D eigenvalue weighted by molar-refractivity contribution is -0.210. The van der Waals surface area contributed by atoms with Gasteiger partial charge in [0.15, 0.2) is 5.79 Å². The minimum Gasteiger partial charge on any atom is -0.347 e. The summed E-state index contributed by atoms with van der Waals surface area (Å²) in [5.74, 6) is -0.0338. The van der Waals surface area contributed by atoms with Gasteiger partial charge in [-0.1, -0.05) is 30.7 Å². The molecule has 1 aromatic carbocycles. The first-order valence-corrected chi connectivity index (χ1v) is 6.84. The molecule has 2 saturated heterocycles. The van der Waals surface area contributed by atoms with Crippen LogP contribution in [0.2, 0.25) is 5.02 Å². The zero-order valence-electron chi connectivity index (χ0n) is 10.5. The molecule has 2 aliphatic rings. The molecular formula is C14H18ClNO2. The normalized spacial score (nSPS) is 30.8. The number of hydrogen-bond acceptors (Lipinski definition) is 3. The second-order valence-electron chi connectivity index (χ2n) is 5.13. The van der Waals surface area contributed by atoms with Crippen LogP contribution in [0.15, 0.2) is 24.3 Å². The number of hydrogen-bond donors (Lipinski definition) is 1. The van der Waals surface area contributed by atoms with Crippen molar-refractivity contribution in [3.8, 4) is 0 Å². The third-order valence-electron chi connectivity index (χ3n) is 3.94. The molecule has 2 aliphatic heterocycles. The molecule has 0 bridgehead atoms. The highest BCUT2D eigenvalue weighted by Crippen LogP contribution is 2.40. The fourth-order valence-electron chi connectivity index (χ4n) is 2.86. The van der Waals surface area contributed by atoms with E-state index in [0.29, 0.717) is 19.1 Å². The van der Waals surface area contributed by atoms with Gasteiger partial charge in [-0.25, -0.2) is 0 Å². The number of ether oxygens (including phenoxy) is 2. The van der Waals surface area contributed by atoms with Crippen LogP contribution in [0.1, 0.15) is 24.9 Å². The van der Waals surface area contributed by atoms with Crippen LogP contribution >= 0.6 is 11.6 Å². The smallest absolute Gasteiger partial charge is 0.174 e. The topological polar surface area (TPSA) is 30.5 Å². The molecule has 3 nitrogen and oxygen atoms in total. The molecule has 2 atom stereocenters. The van der Waals surface area contributed by atoms with E-state index in [-0.39, 0.29) is 6.04 Å². The Kier molecular flexibility index (Phi) is 3.32. The Morgan fingerprint density at radius 1 is 1.33 bits per heavy atom. The molecule has 2 heterocycles. The maximum atomic E-state index is 6.05. The van der Waals surface area contributed by atoms with Crippen molar-refractivity contribution in [3.63, 3.8) is 0 Å². The van der Waals surface area contributed by atoms with Gasteiger partial charge in [0.25, 0.3) is 0 Å². The maximum absolute atomic E-state index is 6.05. The van der Waals surface area contributed by atoms with Gasteiger partial charge >= 0.3 is 0 Å². The van der Waals surface area contributed by atoms with E-state index < -0.39 is 5.79 Å². The molecule has 4 heteroatoms. The molecule has 2 fully saturated rings. The summed E-state index contributed by atoms with van der Waals surface area (Å²) >= 11 is 6.05. The summed E-state index contributed by atoms with van der Waals surface area (Å²) in [5.41, 5.74) is 1.20. The standard InChI is InChI=1S/C14H18ClNO2/c1-10-9-16-13(8-14(10)17-5-6-18-14)11-3-2-4-12(15)7-11/h2-4,7,10,13,16H,5-6,8-9H2,1H3. The second kappa shape index (κ2) is 4.82. The molecule has 0 amide bonds. The van der Waals surface area contributed by atoms with Crippen molar-refractivity contribution in [2.75, 3.05) is 19.8 Å². The summed E-state index contributed by atoms with van der Waals surface area (Å²) in [7, 11) is 0. The van der Waals surface area contributed by atoms with Crippen molar-refractivity contribution in [2.45, 2.75) is 25.2 Å². The zero-order valence-corrected chi connectivity index (χ0v) is 11.2. The number of halogens is 1. The first-order chi connectivity index (χ1) is 8.70. The molecule has 0 aliphatic carbocycles. The summed E-state index contributed by atoms with van der Waals surface area (Å²) in [6.07, 6.45) is 0.842. The summed E-state index contributed by atoms with van der Waals surface area (Å²) < 4.78 is 11.8. The molecule has 1 N–H and O–H groups in total. The first kappa shape index (κ1) is 12.4. The van der Waals surface area contributed by atoms with Crippen LogP contribution in [-0.2, 0) is 9.47 Å². The predicted molar refractivity (Wildman–Crippen MR) is 70.6 cm³/mol. The summed E-state index contributed by atoms with van der Waals surface area (Å²) in [6, 6.07) is 8.24. The Morgan fingerprint density at radius 2 is 2.11 bits per heavy atom. The van der Waals surface area contributed by atoms with Crippen LogP contribution in [0.25, 0.3) is 0 Å². The minimum absolute atomic E-state index is 0.248. The third-order valence-corrected chi connectivity index (χ3v) is 4.17. The fourth-order valence-corrected chi connectivity index (χ4v) is 3.06. The average molecular weight is 268 g/mol. The van der Waals surface area contributed by atoms with Gasteiger partial charge in [0.05, 0.1) is 13.2 Å². The lowest BCUT2D eigenvalue weighted by Crippen LogP contribution is -2.51. The summed E-state index contributed by atoms with van der Waals surface area (Å²) in [4.78, 5) is 0. The molecule has 0 saturated carbocycles. The summed E-state index contributed by atoms with van der Waals surface area (Å²) in [6.45, 7) is 4.48. The molecule has 1 aromatic rings. The molecule has 0 aromatic heterocycles. The van der Waals surface area contributed by atoms with Gasteiger partial charge in [0.1, 0.15) is 0 Å². The third kappa shape index (κ3) is 2.16. The zero-order chi connectivity index (χ0) is 12.6. The van der Waals surface area contributed by atoms with Gasteiger partial charge in [-0.2, -0.15) is 0 Å². The number of benzene rings is 1. The van der Waals surface area contributed by atoms with Crippen LogP contribution in [-0.4, -0.2) is 25.5 Å². The van der Waals surface area contributed by atoms with Gasteiger partial charge in [0.2, 0.25) is 0 Å². The van der Waals surface area contributed by atoms with E-state index >= 15 is 0 Å². The van der Waals surface area contributed by atoms with Crippen LogP contribution in [0, 0.1) is 5.92 Å². The van der Waals surface area contributed by atoms with Crippen molar-refractivity contribution in [3.05, 3.63) is 34.9 Å². The molecular weight excluding hydrogens is 250 g/mol. The largest absolute Gasteiger partial charge is 0.347 e. The monoisotopic (exact) mass is 267 g/mol. The molecule has 3 rings (SSSR count). The number of rotatable bonds is 1. The van der Waals surface area contributed by atoms with Crippen molar-refractivity contribution in [1.82, 2.24) is 5.32 Å². The van der Waals surface area contributed by atoms with Gasteiger partial charge in [0, 0.05) is 29.9 Å². The Balaban J connectivity index is 1.82. The van der Waals surface area contributed by atoms with Crippen LogP contribution < -0.4 is 5.32 Å². The highest BCUT2D eigenvalue weighted by molar-refractivity contribution is 6.30. The first-order valence-electron chi connectivity index (χ1n) is 6.46. The van der Waals surface area contributed by atoms with Crippen molar-refractivity contribution >= 4 is 11.6 Å². The van der Waals surface area contributed by atoms with E-state index in [9.17, 15) is 0 Å². The second-order valence-corrected chi connectivity index (χ2v) is 5.57. The minimum atomic E-state index is -0.405. The molecule has 18 heavy (non-hydrogen) atoms. The van der Waals surface area contributed by atoms with Gasteiger partial charge in [-0.15, -0.1) is 0 Å². The quantitative estimate of drug-likeness (QED) is 0.849. The van der Waals surface area contributed by atoms with Crippen LogP contribution in [0.4, 0.5) is 0 Å².